The number of nitrogens with one attached hydrogen (secondary N) is 1. The monoisotopic (exact) mass is 355 g/mol. The predicted octanol–water partition coefficient (Wildman–Crippen LogP) is 0.655. The minimum atomic E-state index is -4.02. The van der Waals surface area contributed by atoms with Crippen LogP contribution in [0.4, 0.5) is 0 Å². The molecular formula is C15H21N3O5S. The first-order valence-corrected chi connectivity index (χ1v) is 8.93. The standard InChI is InChI=1S/C15H21N3O5S/c1-9(2)7-11(14(19)20)16-24(22,23)10-5-6-12-13(8-10)18(4)15(21)17(12)3/h5-6,8-9,11,16H,7H2,1-4H3,(H,19,20)/t11-/m1/s1. The van der Waals surface area contributed by atoms with Gasteiger partial charge in [0.1, 0.15) is 6.04 Å². The van der Waals surface area contributed by atoms with Crippen molar-refractivity contribution in [2.24, 2.45) is 20.0 Å². The molecular weight excluding hydrogens is 334 g/mol. The van der Waals surface area contributed by atoms with Gasteiger partial charge in [0.05, 0.1) is 15.9 Å². The van der Waals surface area contributed by atoms with Crippen LogP contribution in [-0.2, 0) is 28.9 Å². The van der Waals surface area contributed by atoms with Gasteiger partial charge in [0.2, 0.25) is 10.0 Å². The lowest BCUT2D eigenvalue weighted by atomic mass is 10.1. The molecule has 1 aromatic heterocycles. The predicted molar refractivity (Wildman–Crippen MR) is 89.4 cm³/mol. The molecule has 0 aliphatic heterocycles. The molecule has 0 aliphatic rings. The van der Waals surface area contributed by atoms with Crippen LogP contribution in [0.3, 0.4) is 0 Å². The molecule has 2 N–H and O–H groups in total. The third-order valence-corrected chi connectivity index (χ3v) is 5.33. The molecule has 0 spiro atoms. The second-order valence-corrected chi connectivity index (χ2v) is 7.91. The topological polar surface area (TPSA) is 110 Å². The zero-order valence-corrected chi connectivity index (χ0v) is 14.8. The maximum Gasteiger partial charge on any atom is 0.328 e. The summed E-state index contributed by atoms with van der Waals surface area (Å²) in [6.07, 6.45) is 0.181. The van der Waals surface area contributed by atoms with Crippen LogP contribution < -0.4 is 10.4 Å². The molecule has 8 nitrogen and oxygen atoms in total. The summed E-state index contributed by atoms with van der Waals surface area (Å²) in [6, 6.07) is 3.06. The van der Waals surface area contributed by atoms with Crippen molar-refractivity contribution in [2.45, 2.75) is 31.2 Å². The van der Waals surface area contributed by atoms with Gasteiger partial charge in [0, 0.05) is 14.1 Å². The van der Waals surface area contributed by atoms with Crippen LogP contribution >= 0.6 is 0 Å². The molecule has 0 fully saturated rings. The fourth-order valence-corrected chi connectivity index (χ4v) is 3.80. The van der Waals surface area contributed by atoms with E-state index in [-0.39, 0.29) is 22.9 Å². The molecule has 2 rings (SSSR count). The summed E-state index contributed by atoms with van der Waals surface area (Å²) in [6.45, 7) is 3.63. The van der Waals surface area contributed by atoms with E-state index in [0.29, 0.717) is 11.0 Å². The summed E-state index contributed by atoms with van der Waals surface area (Å²) in [7, 11) is -0.871. The number of aromatic nitrogens is 2. The lowest BCUT2D eigenvalue weighted by molar-refractivity contribution is -0.139. The molecule has 1 heterocycles. The third kappa shape index (κ3) is 3.36. The Kier molecular flexibility index (Phi) is 4.86. The number of rotatable bonds is 6. The molecule has 1 atom stereocenters. The Morgan fingerprint density at radius 1 is 1.21 bits per heavy atom. The Hall–Kier alpha value is -2.13. The Balaban J connectivity index is 2.45. The SMILES string of the molecule is CC(C)C[C@@H](NS(=O)(=O)c1ccc2c(c1)n(C)c(=O)n2C)C(=O)O. The lowest BCUT2D eigenvalue weighted by Gasteiger charge is -2.16. The number of hydrogen-bond acceptors (Lipinski definition) is 4. The van der Waals surface area contributed by atoms with Gasteiger partial charge in [-0.05, 0) is 30.5 Å². The van der Waals surface area contributed by atoms with Gasteiger partial charge in [-0.2, -0.15) is 4.72 Å². The van der Waals surface area contributed by atoms with Gasteiger partial charge in [0.25, 0.3) is 0 Å². The fraction of sp³-hybridized carbons (Fsp3) is 0.467. The van der Waals surface area contributed by atoms with Crippen LogP contribution in [0.2, 0.25) is 0 Å². The first-order chi connectivity index (χ1) is 11.0. The van der Waals surface area contributed by atoms with E-state index < -0.39 is 22.0 Å². The zero-order valence-electron chi connectivity index (χ0n) is 14.0. The van der Waals surface area contributed by atoms with Crippen molar-refractivity contribution in [1.82, 2.24) is 13.9 Å². The minimum Gasteiger partial charge on any atom is -0.480 e. The quantitative estimate of drug-likeness (QED) is 0.791. The number of carboxylic acid groups (broad SMARTS) is 1. The summed E-state index contributed by atoms with van der Waals surface area (Å²) >= 11 is 0. The Morgan fingerprint density at radius 2 is 1.79 bits per heavy atom. The molecule has 0 unspecified atom stereocenters. The molecule has 0 amide bonds. The normalized spacial score (nSPS) is 13.5. The number of aryl methyl sites for hydroxylation is 2. The number of hydrogen-bond donors (Lipinski definition) is 2. The van der Waals surface area contributed by atoms with Crippen molar-refractivity contribution >= 4 is 27.0 Å². The second kappa shape index (κ2) is 6.40. The van der Waals surface area contributed by atoms with Crippen molar-refractivity contribution < 1.29 is 18.3 Å². The van der Waals surface area contributed by atoms with Crippen LogP contribution in [0.1, 0.15) is 20.3 Å². The van der Waals surface area contributed by atoms with Crippen LogP contribution in [0, 0.1) is 5.92 Å². The number of nitrogens with zero attached hydrogens (tertiary/aromatic N) is 2. The van der Waals surface area contributed by atoms with Crippen LogP contribution in [0.5, 0.6) is 0 Å². The van der Waals surface area contributed by atoms with Crippen LogP contribution in [0.25, 0.3) is 11.0 Å². The molecule has 132 valence electrons. The summed E-state index contributed by atoms with van der Waals surface area (Å²) < 4.78 is 30.0. The van der Waals surface area contributed by atoms with Crippen molar-refractivity contribution in [3.05, 3.63) is 28.7 Å². The van der Waals surface area contributed by atoms with E-state index >= 15 is 0 Å². The van der Waals surface area contributed by atoms with Crippen molar-refractivity contribution in [3.8, 4) is 0 Å². The Labute approximate surface area is 139 Å². The van der Waals surface area contributed by atoms with Crippen molar-refractivity contribution in [2.75, 3.05) is 0 Å². The lowest BCUT2D eigenvalue weighted by Crippen LogP contribution is -2.41. The highest BCUT2D eigenvalue weighted by molar-refractivity contribution is 7.89. The van der Waals surface area contributed by atoms with Crippen LogP contribution in [-0.4, -0.2) is 34.7 Å². The molecule has 0 bridgehead atoms. The number of sulfonamides is 1. The summed E-state index contributed by atoms with van der Waals surface area (Å²) in [5.74, 6) is -1.20. The number of fused-ring (bicyclic) bond motifs is 1. The summed E-state index contributed by atoms with van der Waals surface area (Å²) in [5.41, 5.74) is 0.787. The van der Waals surface area contributed by atoms with Gasteiger partial charge < -0.3 is 5.11 Å². The van der Waals surface area contributed by atoms with Gasteiger partial charge in [-0.25, -0.2) is 13.2 Å². The smallest absolute Gasteiger partial charge is 0.328 e. The van der Waals surface area contributed by atoms with E-state index in [4.69, 9.17) is 0 Å². The number of benzene rings is 1. The average molecular weight is 355 g/mol. The summed E-state index contributed by atoms with van der Waals surface area (Å²) in [4.78, 5) is 23.1. The maximum atomic E-state index is 12.5. The first-order valence-electron chi connectivity index (χ1n) is 7.45. The van der Waals surface area contributed by atoms with Gasteiger partial charge in [-0.3, -0.25) is 13.9 Å². The Bertz CT molecular complexity index is 940. The zero-order chi connectivity index (χ0) is 18.2. The minimum absolute atomic E-state index is 0.0197. The van der Waals surface area contributed by atoms with E-state index in [1.807, 2.05) is 13.8 Å². The Morgan fingerprint density at radius 3 is 2.33 bits per heavy atom. The maximum absolute atomic E-state index is 12.5. The largest absolute Gasteiger partial charge is 0.480 e. The second-order valence-electron chi connectivity index (χ2n) is 6.19. The first kappa shape index (κ1) is 18.2. The highest BCUT2D eigenvalue weighted by Crippen LogP contribution is 2.18. The number of aliphatic carboxylic acids is 1. The number of carbonyl (C=O) groups is 1. The fourth-order valence-electron chi connectivity index (χ4n) is 2.58. The highest BCUT2D eigenvalue weighted by atomic mass is 32.2. The van der Waals surface area contributed by atoms with Gasteiger partial charge >= 0.3 is 11.7 Å². The highest BCUT2D eigenvalue weighted by Gasteiger charge is 2.26. The van der Waals surface area contributed by atoms with E-state index in [9.17, 15) is 23.1 Å². The summed E-state index contributed by atoms with van der Waals surface area (Å²) in [5, 5.41) is 9.21. The van der Waals surface area contributed by atoms with E-state index in [0.717, 1.165) is 0 Å². The molecule has 0 aliphatic carbocycles. The molecule has 1 aromatic carbocycles. The number of carboxylic acids is 1. The average Bonchev–Trinajstić information content (AvgIpc) is 2.70. The molecule has 0 saturated carbocycles. The van der Waals surface area contributed by atoms with Crippen molar-refractivity contribution in [1.29, 1.82) is 0 Å². The van der Waals surface area contributed by atoms with Gasteiger partial charge in [0.15, 0.2) is 0 Å². The molecule has 0 saturated heterocycles. The van der Waals surface area contributed by atoms with Gasteiger partial charge in [-0.1, -0.05) is 13.8 Å². The molecule has 24 heavy (non-hydrogen) atoms. The van der Waals surface area contributed by atoms with Crippen LogP contribution in [0.15, 0.2) is 27.9 Å². The van der Waals surface area contributed by atoms with Crippen molar-refractivity contribution in [3.63, 3.8) is 0 Å². The third-order valence-electron chi connectivity index (χ3n) is 3.86. The molecule has 9 heteroatoms. The molecule has 2 aromatic rings. The van der Waals surface area contributed by atoms with E-state index in [2.05, 4.69) is 4.72 Å². The van der Waals surface area contributed by atoms with E-state index in [1.165, 1.54) is 27.3 Å². The van der Waals surface area contributed by atoms with E-state index in [1.54, 1.807) is 14.1 Å². The number of imidazole rings is 1. The molecule has 0 radical (unpaired) electrons. The van der Waals surface area contributed by atoms with Gasteiger partial charge in [-0.15, -0.1) is 0 Å².